The molecule has 0 saturated heterocycles. The molecule has 3 aromatic rings. The van der Waals surface area contributed by atoms with Crippen molar-refractivity contribution >= 4 is 40.4 Å². The Bertz CT molecular complexity index is 1050. The molecular weight excluding hydrogens is 400 g/mol. The lowest BCUT2D eigenvalue weighted by Crippen LogP contribution is -2.22. The Kier molecular flexibility index (Phi) is 7.03. The average Bonchev–Trinajstić information content (AvgIpc) is 3.15. The molecule has 0 unspecified atom stereocenters. The maximum atomic E-state index is 12.4. The number of nitrogens with zero attached hydrogens (tertiary/aromatic N) is 1. The van der Waals surface area contributed by atoms with Crippen molar-refractivity contribution in [2.24, 2.45) is 0 Å². The summed E-state index contributed by atoms with van der Waals surface area (Å²) in [4.78, 5) is 28.6. The highest BCUT2D eigenvalue weighted by Gasteiger charge is 2.10. The van der Waals surface area contributed by atoms with Crippen LogP contribution in [-0.4, -0.2) is 30.1 Å². The number of amides is 2. The summed E-state index contributed by atoms with van der Waals surface area (Å²) in [5.74, 6) is -0.176. The minimum atomic E-state index is -0.509. The molecule has 156 valence electrons. The number of hydrogen-bond acceptors (Lipinski definition) is 6. The molecule has 0 saturated carbocycles. The molecule has 2 amide bonds. The topological polar surface area (TPSA) is 92.4 Å². The molecule has 0 bridgehead atoms. The standard InChI is InChI=1S/C22H24N4O3S/c1-4-29-22(28)26-19-10-6-9-18(14(19)2)23-12-21(27)25-17-8-5-7-16(11-17)20-13-30-15(3)24-20/h5-11,13,23H,4,12H2,1-3H3,(H,25,27)(H,26,28). The number of thiazole rings is 1. The third-order valence-corrected chi connectivity index (χ3v) is 5.12. The highest BCUT2D eigenvalue weighted by atomic mass is 32.1. The first-order chi connectivity index (χ1) is 14.5. The summed E-state index contributed by atoms with van der Waals surface area (Å²) in [6.45, 7) is 5.96. The molecule has 0 aliphatic heterocycles. The Morgan fingerprint density at radius 2 is 1.83 bits per heavy atom. The summed E-state index contributed by atoms with van der Waals surface area (Å²) in [5, 5.41) is 11.7. The van der Waals surface area contributed by atoms with Crippen LogP contribution >= 0.6 is 11.3 Å². The molecule has 0 fully saturated rings. The number of carbonyl (C=O) groups is 2. The van der Waals surface area contributed by atoms with Gasteiger partial charge in [-0.15, -0.1) is 11.3 Å². The maximum absolute atomic E-state index is 12.4. The van der Waals surface area contributed by atoms with Crippen LogP contribution < -0.4 is 16.0 Å². The van der Waals surface area contributed by atoms with Gasteiger partial charge in [0.15, 0.2) is 0 Å². The summed E-state index contributed by atoms with van der Waals surface area (Å²) >= 11 is 1.59. The van der Waals surface area contributed by atoms with Gasteiger partial charge in [-0.1, -0.05) is 18.2 Å². The molecule has 8 heteroatoms. The lowest BCUT2D eigenvalue weighted by Gasteiger charge is -2.14. The molecule has 1 aromatic heterocycles. The zero-order chi connectivity index (χ0) is 21.5. The molecule has 0 atom stereocenters. The quantitative estimate of drug-likeness (QED) is 0.494. The number of ether oxygens (including phenoxy) is 1. The summed E-state index contributed by atoms with van der Waals surface area (Å²) in [5.41, 5.74) is 4.77. The van der Waals surface area contributed by atoms with Crippen molar-refractivity contribution in [3.63, 3.8) is 0 Å². The SMILES string of the molecule is CCOC(=O)Nc1cccc(NCC(=O)Nc2cccc(-c3csc(C)n3)c2)c1C. The Balaban J connectivity index is 1.61. The Morgan fingerprint density at radius 3 is 2.57 bits per heavy atom. The van der Waals surface area contributed by atoms with E-state index in [0.29, 0.717) is 18.0 Å². The Morgan fingerprint density at radius 1 is 1.07 bits per heavy atom. The third kappa shape index (κ3) is 5.57. The normalized spacial score (nSPS) is 10.4. The van der Waals surface area contributed by atoms with E-state index in [2.05, 4.69) is 20.9 Å². The summed E-state index contributed by atoms with van der Waals surface area (Å²) in [6, 6.07) is 13.0. The predicted octanol–water partition coefficient (Wildman–Crippen LogP) is 5.05. The number of aryl methyl sites for hydroxylation is 1. The number of carbonyl (C=O) groups excluding carboxylic acids is 2. The van der Waals surface area contributed by atoms with E-state index in [4.69, 9.17) is 4.74 Å². The highest BCUT2D eigenvalue weighted by Crippen LogP contribution is 2.25. The van der Waals surface area contributed by atoms with Gasteiger partial charge in [0.05, 0.1) is 23.9 Å². The van der Waals surface area contributed by atoms with E-state index in [1.54, 1.807) is 30.4 Å². The van der Waals surface area contributed by atoms with Crippen LogP contribution in [-0.2, 0) is 9.53 Å². The molecule has 0 aliphatic carbocycles. The van der Waals surface area contributed by atoms with Crippen LogP contribution in [0.5, 0.6) is 0 Å². The fourth-order valence-corrected chi connectivity index (χ4v) is 3.49. The van der Waals surface area contributed by atoms with Crippen molar-refractivity contribution in [1.82, 2.24) is 4.98 Å². The van der Waals surface area contributed by atoms with Crippen LogP contribution in [0.25, 0.3) is 11.3 Å². The number of aromatic nitrogens is 1. The molecular formula is C22H24N4O3S. The van der Waals surface area contributed by atoms with Gasteiger partial charge in [0, 0.05) is 28.0 Å². The number of benzene rings is 2. The molecule has 0 spiro atoms. The van der Waals surface area contributed by atoms with Crippen molar-refractivity contribution in [2.45, 2.75) is 20.8 Å². The number of rotatable bonds is 7. The Labute approximate surface area is 179 Å². The zero-order valence-corrected chi connectivity index (χ0v) is 17.9. The molecule has 3 N–H and O–H groups in total. The smallest absolute Gasteiger partial charge is 0.411 e. The number of hydrogen-bond donors (Lipinski definition) is 3. The van der Waals surface area contributed by atoms with E-state index in [1.807, 2.05) is 49.6 Å². The molecule has 3 rings (SSSR count). The van der Waals surface area contributed by atoms with Crippen molar-refractivity contribution in [2.75, 3.05) is 29.1 Å². The fraction of sp³-hybridized carbons (Fsp3) is 0.227. The largest absolute Gasteiger partial charge is 0.450 e. The summed E-state index contributed by atoms with van der Waals surface area (Å²) in [6.07, 6.45) is -0.509. The molecule has 7 nitrogen and oxygen atoms in total. The average molecular weight is 425 g/mol. The minimum Gasteiger partial charge on any atom is -0.450 e. The first-order valence-electron chi connectivity index (χ1n) is 9.56. The van der Waals surface area contributed by atoms with Crippen molar-refractivity contribution in [1.29, 1.82) is 0 Å². The van der Waals surface area contributed by atoms with Crippen LogP contribution in [0.1, 0.15) is 17.5 Å². The van der Waals surface area contributed by atoms with Gasteiger partial charge < -0.3 is 15.4 Å². The van der Waals surface area contributed by atoms with Crippen molar-refractivity contribution < 1.29 is 14.3 Å². The van der Waals surface area contributed by atoms with Gasteiger partial charge in [-0.25, -0.2) is 9.78 Å². The number of anilines is 3. The second-order valence-corrected chi connectivity index (χ2v) is 7.62. The first-order valence-corrected chi connectivity index (χ1v) is 10.4. The molecule has 1 heterocycles. The van der Waals surface area contributed by atoms with E-state index < -0.39 is 6.09 Å². The second kappa shape index (κ2) is 9.89. The highest BCUT2D eigenvalue weighted by molar-refractivity contribution is 7.09. The van der Waals surface area contributed by atoms with E-state index >= 15 is 0 Å². The lowest BCUT2D eigenvalue weighted by atomic mass is 10.1. The van der Waals surface area contributed by atoms with E-state index in [1.165, 1.54) is 0 Å². The molecule has 0 aliphatic rings. The van der Waals surface area contributed by atoms with Gasteiger partial charge in [0.2, 0.25) is 5.91 Å². The molecule has 2 aromatic carbocycles. The van der Waals surface area contributed by atoms with Crippen LogP contribution in [0.2, 0.25) is 0 Å². The van der Waals surface area contributed by atoms with Crippen LogP contribution in [0.4, 0.5) is 21.9 Å². The van der Waals surface area contributed by atoms with Gasteiger partial charge in [-0.3, -0.25) is 10.1 Å². The van der Waals surface area contributed by atoms with Gasteiger partial charge in [-0.05, 0) is 50.6 Å². The van der Waals surface area contributed by atoms with Crippen LogP contribution in [0, 0.1) is 13.8 Å². The minimum absolute atomic E-state index is 0.0870. The third-order valence-electron chi connectivity index (χ3n) is 4.35. The van der Waals surface area contributed by atoms with Crippen molar-refractivity contribution in [3.05, 3.63) is 58.4 Å². The monoisotopic (exact) mass is 424 g/mol. The van der Waals surface area contributed by atoms with Gasteiger partial charge >= 0.3 is 6.09 Å². The first kappa shape index (κ1) is 21.3. The van der Waals surface area contributed by atoms with E-state index in [0.717, 1.165) is 27.5 Å². The van der Waals surface area contributed by atoms with Gasteiger partial charge in [0.1, 0.15) is 0 Å². The van der Waals surface area contributed by atoms with Crippen LogP contribution in [0.15, 0.2) is 47.8 Å². The fourth-order valence-electron chi connectivity index (χ4n) is 2.87. The molecule has 30 heavy (non-hydrogen) atoms. The predicted molar refractivity (Wildman–Crippen MR) is 121 cm³/mol. The second-order valence-electron chi connectivity index (χ2n) is 6.56. The lowest BCUT2D eigenvalue weighted by molar-refractivity contribution is -0.114. The number of nitrogens with one attached hydrogen (secondary N) is 3. The van der Waals surface area contributed by atoms with Crippen LogP contribution in [0.3, 0.4) is 0 Å². The van der Waals surface area contributed by atoms with Gasteiger partial charge in [0.25, 0.3) is 0 Å². The summed E-state index contributed by atoms with van der Waals surface area (Å²) < 4.78 is 4.91. The van der Waals surface area contributed by atoms with E-state index in [-0.39, 0.29) is 12.5 Å². The van der Waals surface area contributed by atoms with Gasteiger partial charge in [-0.2, -0.15) is 0 Å². The maximum Gasteiger partial charge on any atom is 0.411 e. The van der Waals surface area contributed by atoms with Crippen molar-refractivity contribution in [3.8, 4) is 11.3 Å². The zero-order valence-electron chi connectivity index (χ0n) is 17.1. The molecule has 0 radical (unpaired) electrons. The Hall–Kier alpha value is -3.39. The van der Waals surface area contributed by atoms with E-state index in [9.17, 15) is 9.59 Å². The summed E-state index contributed by atoms with van der Waals surface area (Å²) in [7, 11) is 0.